The Kier molecular flexibility index (Phi) is 9.67. The Bertz CT molecular complexity index is 547. The average molecular weight is 480 g/mol. The molecule has 2 saturated heterocycles. The van der Waals surface area contributed by atoms with Gasteiger partial charge in [-0.3, -0.25) is 4.90 Å². The highest BCUT2D eigenvalue weighted by molar-refractivity contribution is 9.10. The molecule has 26 heavy (non-hydrogen) atoms. The summed E-state index contributed by atoms with van der Waals surface area (Å²) in [4.78, 5) is 2.33. The summed E-state index contributed by atoms with van der Waals surface area (Å²) in [5, 5.41) is 3.32. The predicted molar refractivity (Wildman–Crippen MR) is 104 cm³/mol. The Hall–Kier alpha value is -0.0500. The number of hydrogen-bond acceptors (Lipinski definition) is 3. The first-order valence-corrected chi connectivity index (χ1v) is 9.14. The number of nitrogens with zero attached hydrogens (tertiary/aromatic N) is 1. The van der Waals surface area contributed by atoms with E-state index in [0.717, 1.165) is 50.7 Å². The molecule has 3 rings (SSSR count). The molecule has 0 aliphatic carbocycles. The standard InChI is InChI=1S/C17H22BrF3N2O.2ClH/c18-15-10-13(9-14(11-15)17(19,20)21)16(12-1-7-24-8-2-12)23-5-3-22-4-6-23;;/h9-12,16,22H,1-8H2;2*1H/t16-;;/m0../s1. The molecule has 2 aliphatic rings. The SMILES string of the molecule is Cl.Cl.FC(F)(F)c1cc(Br)cc([C@H](C2CCOCC2)N2CCNCC2)c1. The zero-order chi connectivity index (χ0) is 17.2. The van der Waals surface area contributed by atoms with Crippen LogP contribution in [0.1, 0.15) is 30.0 Å². The normalized spacial score (nSPS) is 20.8. The second-order valence-electron chi connectivity index (χ2n) is 6.45. The van der Waals surface area contributed by atoms with Gasteiger partial charge >= 0.3 is 6.18 Å². The van der Waals surface area contributed by atoms with E-state index in [0.29, 0.717) is 23.6 Å². The van der Waals surface area contributed by atoms with E-state index in [1.807, 2.05) is 6.07 Å². The van der Waals surface area contributed by atoms with Gasteiger partial charge in [0, 0.05) is 49.9 Å². The molecule has 0 spiro atoms. The van der Waals surface area contributed by atoms with Crippen LogP contribution in [0.3, 0.4) is 0 Å². The molecule has 2 aliphatic heterocycles. The van der Waals surface area contributed by atoms with Crippen LogP contribution in [-0.4, -0.2) is 44.3 Å². The highest BCUT2D eigenvalue weighted by Crippen LogP contribution is 2.39. The van der Waals surface area contributed by atoms with Crippen LogP contribution < -0.4 is 5.32 Å². The van der Waals surface area contributed by atoms with E-state index in [-0.39, 0.29) is 30.9 Å². The first-order chi connectivity index (χ1) is 11.4. The maximum absolute atomic E-state index is 13.2. The third kappa shape index (κ3) is 5.97. The van der Waals surface area contributed by atoms with E-state index >= 15 is 0 Å². The Balaban J connectivity index is 0.00000169. The lowest BCUT2D eigenvalue weighted by Crippen LogP contribution is -2.47. The van der Waals surface area contributed by atoms with Gasteiger partial charge in [-0.25, -0.2) is 0 Å². The Morgan fingerprint density at radius 2 is 1.69 bits per heavy atom. The van der Waals surface area contributed by atoms with Gasteiger partial charge in [0.2, 0.25) is 0 Å². The number of rotatable bonds is 3. The second kappa shape index (κ2) is 10.5. The van der Waals surface area contributed by atoms with Crippen LogP contribution in [-0.2, 0) is 10.9 Å². The lowest BCUT2D eigenvalue weighted by molar-refractivity contribution is -0.137. The summed E-state index contributed by atoms with van der Waals surface area (Å²) in [6.45, 7) is 4.84. The van der Waals surface area contributed by atoms with Crippen molar-refractivity contribution in [3.05, 3.63) is 33.8 Å². The van der Waals surface area contributed by atoms with E-state index in [1.165, 1.54) is 6.07 Å². The molecule has 2 heterocycles. The summed E-state index contributed by atoms with van der Waals surface area (Å²) in [5.74, 6) is 0.326. The van der Waals surface area contributed by atoms with Crippen LogP contribution in [0.15, 0.2) is 22.7 Å². The summed E-state index contributed by atoms with van der Waals surface area (Å²) in [6, 6.07) is 4.33. The van der Waals surface area contributed by atoms with Crippen molar-refractivity contribution in [1.82, 2.24) is 10.2 Å². The topological polar surface area (TPSA) is 24.5 Å². The molecule has 0 radical (unpaired) electrons. The second-order valence-corrected chi connectivity index (χ2v) is 7.37. The summed E-state index contributed by atoms with van der Waals surface area (Å²) in [7, 11) is 0. The molecule has 1 atom stereocenters. The molecule has 0 unspecified atom stereocenters. The van der Waals surface area contributed by atoms with Crippen LogP contribution in [0.5, 0.6) is 0 Å². The molecule has 0 aromatic heterocycles. The minimum Gasteiger partial charge on any atom is -0.381 e. The largest absolute Gasteiger partial charge is 0.416 e. The summed E-state index contributed by atoms with van der Waals surface area (Å²) in [5.41, 5.74) is 0.171. The van der Waals surface area contributed by atoms with E-state index < -0.39 is 11.7 Å². The molecular weight excluding hydrogens is 456 g/mol. The number of nitrogens with one attached hydrogen (secondary N) is 1. The van der Waals surface area contributed by atoms with Crippen LogP contribution in [0.4, 0.5) is 13.2 Å². The maximum atomic E-state index is 13.2. The minimum absolute atomic E-state index is 0. The molecule has 0 saturated carbocycles. The van der Waals surface area contributed by atoms with E-state index in [4.69, 9.17) is 4.74 Å². The highest BCUT2D eigenvalue weighted by Gasteiger charge is 2.35. The molecule has 3 nitrogen and oxygen atoms in total. The van der Waals surface area contributed by atoms with Crippen molar-refractivity contribution in [3.8, 4) is 0 Å². The van der Waals surface area contributed by atoms with Gasteiger partial charge in [-0.2, -0.15) is 13.2 Å². The third-order valence-corrected chi connectivity index (χ3v) is 5.30. The molecule has 0 bridgehead atoms. The van der Waals surface area contributed by atoms with Crippen molar-refractivity contribution >= 4 is 40.7 Å². The third-order valence-electron chi connectivity index (χ3n) is 4.85. The fourth-order valence-corrected chi connectivity index (χ4v) is 4.23. The maximum Gasteiger partial charge on any atom is 0.416 e. The predicted octanol–water partition coefficient (Wildman–Crippen LogP) is 4.68. The van der Waals surface area contributed by atoms with Gasteiger partial charge in [0.25, 0.3) is 0 Å². The average Bonchev–Trinajstić information content (AvgIpc) is 2.56. The van der Waals surface area contributed by atoms with Gasteiger partial charge < -0.3 is 10.1 Å². The molecule has 1 aromatic rings. The molecule has 2 fully saturated rings. The lowest BCUT2D eigenvalue weighted by Gasteiger charge is -2.41. The van der Waals surface area contributed by atoms with Gasteiger partial charge in [-0.1, -0.05) is 15.9 Å². The lowest BCUT2D eigenvalue weighted by atomic mass is 9.85. The Morgan fingerprint density at radius 1 is 1.08 bits per heavy atom. The number of halogens is 6. The molecule has 1 N–H and O–H groups in total. The smallest absolute Gasteiger partial charge is 0.381 e. The van der Waals surface area contributed by atoms with Crippen molar-refractivity contribution in [3.63, 3.8) is 0 Å². The Labute approximate surface area is 173 Å². The quantitative estimate of drug-likeness (QED) is 0.680. The van der Waals surface area contributed by atoms with Crippen molar-refractivity contribution < 1.29 is 17.9 Å². The van der Waals surface area contributed by atoms with Crippen molar-refractivity contribution in [2.45, 2.75) is 25.1 Å². The van der Waals surface area contributed by atoms with E-state index in [1.54, 1.807) is 0 Å². The number of alkyl halides is 3. The summed E-state index contributed by atoms with van der Waals surface area (Å²) >= 11 is 3.27. The van der Waals surface area contributed by atoms with Gasteiger partial charge in [-0.05, 0) is 42.5 Å². The molecule has 1 aromatic carbocycles. The highest BCUT2D eigenvalue weighted by atomic mass is 79.9. The molecular formula is C17H24BrCl2F3N2O. The van der Waals surface area contributed by atoms with Crippen LogP contribution in [0.25, 0.3) is 0 Å². The number of benzene rings is 1. The van der Waals surface area contributed by atoms with Gasteiger partial charge in [0.1, 0.15) is 0 Å². The number of piperazine rings is 1. The van der Waals surface area contributed by atoms with Crippen molar-refractivity contribution in [1.29, 1.82) is 0 Å². The van der Waals surface area contributed by atoms with Gasteiger partial charge in [0.05, 0.1) is 5.56 Å². The van der Waals surface area contributed by atoms with Crippen LogP contribution >= 0.6 is 40.7 Å². The first-order valence-electron chi connectivity index (χ1n) is 8.35. The monoisotopic (exact) mass is 478 g/mol. The van der Waals surface area contributed by atoms with Crippen LogP contribution in [0, 0.1) is 5.92 Å². The summed E-state index contributed by atoms with van der Waals surface area (Å²) in [6.07, 6.45) is -2.55. The molecule has 150 valence electrons. The zero-order valence-corrected chi connectivity index (χ0v) is 17.4. The fraction of sp³-hybridized carbons (Fsp3) is 0.647. The van der Waals surface area contributed by atoms with Crippen molar-refractivity contribution in [2.75, 3.05) is 39.4 Å². The number of hydrogen-bond donors (Lipinski definition) is 1. The molecule has 0 amide bonds. The van der Waals surface area contributed by atoms with E-state index in [2.05, 4.69) is 26.1 Å². The van der Waals surface area contributed by atoms with Gasteiger partial charge in [0.15, 0.2) is 0 Å². The molecule has 9 heteroatoms. The van der Waals surface area contributed by atoms with Crippen molar-refractivity contribution in [2.24, 2.45) is 5.92 Å². The summed E-state index contributed by atoms with van der Waals surface area (Å²) < 4.78 is 45.6. The number of ether oxygens (including phenoxy) is 1. The van der Waals surface area contributed by atoms with E-state index in [9.17, 15) is 13.2 Å². The van der Waals surface area contributed by atoms with Crippen LogP contribution in [0.2, 0.25) is 0 Å². The Morgan fingerprint density at radius 3 is 2.27 bits per heavy atom. The fourth-order valence-electron chi connectivity index (χ4n) is 3.72. The van der Waals surface area contributed by atoms with Gasteiger partial charge in [-0.15, -0.1) is 24.8 Å². The zero-order valence-electron chi connectivity index (χ0n) is 14.2. The minimum atomic E-state index is -4.33. The first kappa shape index (κ1) is 24.0.